The van der Waals surface area contributed by atoms with Crippen molar-refractivity contribution in [3.05, 3.63) is 95.0 Å². The van der Waals surface area contributed by atoms with E-state index < -0.39 is 33.0 Å². The Balaban J connectivity index is 1.18. The smallest absolute Gasteiger partial charge is 0.253 e. The van der Waals surface area contributed by atoms with Gasteiger partial charge in [0.25, 0.3) is 10.0 Å². The second-order valence-corrected chi connectivity index (χ2v) is 19.5. The maximum atomic E-state index is 15.5. The van der Waals surface area contributed by atoms with Crippen LogP contribution >= 0.6 is 11.6 Å². The van der Waals surface area contributed by atoms with Gasteiger partial charge in [-0.2, -0.15) is 14.3 Å². The van der Waals surface area contributed by atoms with E-state index in [9.17, 15) is 22.0 Å². The highest BCUT2D eigenvalue weighted by Gasteiger charge is 2.29. The minimum atomic E-state index is -4.42. The van der Waals surface area contributed by atoms with Gasteiger partial charge >= 0.3 is 0 Å². The number of nitrogens with zero attached hydrogens (tertiary/aromatic N) is 7. The van der Waals surface area contributed by atoms with Crippen molar-refractivity contribution in [1.82, 2.24) is 29.1 Å². The SMILES string of the molecule is COCCN(c1c(C)cccc1Nc1nc(Nc2cc(OC)c(OC)c(OC)c2)ncc1F)S(=O)(=O)CN(C=O)CCCN(Cc1cc(OC)ccc1Nc1nc(Nc2cc(OC)c(OC)c(OC)c2)ncc1Cl)S(=O)O. The Bertz CT molecular complexity index is 3100. The number of ether oxygens (including phenoxy) is 8. The molecule has 4 aromatic carbocycles. The van der Waals surface area contributed by atoms with Crippen molar-refractivity contribution in [2.45, 2.75) is 19.9 Å². The van der Waals surface area contributed by atoms with Crippen molar-refractivity contribution < 1.29 is 64.3 Å². The van der Waals surface area contributed by atoms with Crippen LogP contribution in [-0.4, -0.2) is 142 Å². The van der Waals surface area contributed by atoms with Crippen LogP contribution in [0.2, 0.25) is 5.02 Å². The standard InChI is InChI=1S/C49H59ClFN11O13S2/c1-30-12-10-13-38(57-47-36(51)26-53-49(59-47)55-33-23-41(72-6)45(75-9)42(24-33)73-7)43(30)62(18-19-68-2)77(66,67)29-60(28-63)16-11-17-61(76(64)65)27-31-20-34(69-3)14-15-37(31)56-46-35(50)25-52-48(58-46)54-32-21-39(70-4)44(74-8)40(22-32)71-5/h10,12-15,20-26,28H,11,16-19,27,29H2,1-9H3,(H,64,65)(H2,52,54,56,58)(H2,53,55,57,59). The Morgan fingerprint density at radius 1 is 0.714 bits per heavy atom. The molecule has 414 valence electrons. The van der Waals surface area contributed by atoms with Crippen LogP contribution in [0.3, 0.4) is 0 Å². The fourth-order valence-electron chi connectivity index (χ4n) is 7.73. The van der Waals surface area contributed by atoms with Crippen LogP contribution in [-0.2, 0) is 37.4 Å². The summed E-state index contributed by atoms with van der Waals surface area (Å²) in [6.45, 7) is 1.04. The summed E-state index contributed by atoms with van der Waals surface area (Å²) in [5, 5.41) is 12.4. The summed E-state index contributed by atoms with van der Waals surface area (Å²) >= 11 is 4.03. The average Bonchev–Trinajstić information content (AvgIpc) is 3.42. The fourth-order valence-corrected chi connectivity index (χ4v) is 10.0. The third kappa shape index (κ3) is 14.8. The second kappa shape index (κ2) is 27.4. The maximum absolute atomic E-state index is 15.5. The molecule has 0 spiro atoms. The van der Waals surface area contributed by atoms with Crippen molar-refractivity contribution in [3.63, 3.8) is 0 Å². The quantitative estimate of drug-likeness (QED) is 0.0214. The van der Waals surface area contributed by atoms with Gasteiger partial charge in [-0.15, -0.1) is 0 Å². The van der Waals surface area contributed by atoms with Gasteiger partial charge < -0.3 is 64.1 Å². The largest absolute Gasteiger partial charge is 0.497 e. The van der Waals surface area contributed by atoms with Gasteiger partial charge in [-0.25, -0.2) is 27.0 Å². The number of aryl methyl sites for hydroxylation is 1. The number of aromatic nitrogens is 4. The number of nitrogens with one attached hydrogen (secondary N) is 4. The number of sulfonamides is 1. The lowest BCUT2D eigenvalue weighted by Gasteiger charge is -2.30. The third-order valence-electron chi connectivity index (χ3n) is 11.4. The number of carbonyl (C=O) groups excluding carboxylic acids is 1. The summed E-state index contributed by atoms with van der Waals surface area (Å²) in [5.41, 5.74) is 2.62. The van der Waals surface area contributed by atoms with Gasteiger partial charge in [0.15, 0.2) is 40.5 Å². The molecular weight excluding hydrogens is 1070 g/mol. The van der Waals surface area contributed by atoms with E-state index in [2.05, 4.69) is 41.2 Å². The number of halogens is 2. The third-order valence-corrected chi connectivity index (χ3v) is 14.1. The van der Waals surface area contributed by atoms with Gasteiger partial charge in [0, 0.05) is 68.1 Å². The molecule has 0 aliphatic heterocycles. The molecule has 2 heterocycles. The molecule has 28 heteroatoms. The molecule has 1 amide bonds. The zero-order valence-corrected chi connectivity index (χ0v) is 45.9. The van der Waals surface area contributed by atoms with Crippen LogP contribution in [0.4, 0.5) is 56.4 Å². The molecule has 77 heavy (non-hydrogen) atoms. The number of anilines is 9. The summed E-state index contributed by atoms with van der Waals surface area (Å²) in [7, 11) is 7.30. The van der Waals surface area contributed by atoms with E-state index in [0.29, 0.717) is 74.8 Å². The highest BCUT2D eigenvalue weighted by molar-refractivity contribution is 7.92. The first-order valence-electron chi connectivity index (χ1n) is 23.1. The van der Waals surface area contributed by atoms with Crippen LogP contribution in [0.25, 0.3) is 0 Å². The topological polar surface area (TPSA) is 272 Å². The van der Waals surface area contributed by atoms with Gasteiger partial charge in [-0.3, -0.25) is 13.7 Å². The predicted octanol–water partition coefficient (Wildman–Crippen LogP) is 7.63. The number of carbonyl (C=O) groups is 1. The van der Waals surface area contributed by atoms with Crippen molar-refractivity contribution in [3.8, 4) is 40.2 Å². The first-order valence-corrected chi connectivity index (χ1v) is 26.1. The zero-order chi connectivity index (χ0) is 55.8. The number of hydrogen-bond donors (Lipinski definition) is 5. The van der Waals surface area contributed by atoms with Crippen molar-refractivity contribution in [2.24, 2.45) is 0 Å². The molecule has 1 unspecified atom stereocenters. The highest BCUT2D eigenvalue weighted by Crippen LogP contribution is 2.42. The Morgan fingerprint density at radius 3 is 1.82 bits per heavy atom. The van der Waals surface area contributed by atoms with Gasteiger partial charge in [0.1, 0.15) is 16.6 Å². The van der Waals surface area contributed by atoms with E-state index >= 15 is 4.39 Å². The predicted molar refractivity (Wildman–Crippen MR) is 290 cm³/mol. The summed E-state index contributed by atoms with van der Waals surface area (Å²) in [5.74, 6) is 0.997. The number of amides is 1. The number of rotatable bonds is 30. The highest BCUT2D eigenvalue weighted by atomic mass is 35.5. The first-order chi connectivity index (χ1) is 37.0. The average molecular weight is 1130 g/mol. The molecular formula is C49H59ClFN11O13S2. The van der Waals surface area contributed by atoms with E-state index in [0.717, 1.165) is 15.4 Å². The van der Waals surface area contributed by atoms with E-state index in [-0.39, 0.29) is 79.1 Å². The molecule has 0 aliphatic carbocycles. The van der Waals surface area contributed by atoms with Crippen molar-refractivity contribution in [2.75, 3.05) is 115 Å². The normalized spacial score (nSPS) is 11.5. The van der Waals surface area contributed by atoms with E-state index in [1.165, 1.54) is 67.4 Å². The van der Waals surface area contributed by atoms with Crippen molar-refractivity contribution in [1.29, 1.82) is 0 Å². The Labute approximate surface area is 452 Å². The number of hydrogen-bond acceptors (Lipinski definition) is 20. The Kier molecular flexibility index (Phi) is 20.8. The molecule has 0 saturated carbocycles. The molecule has 6 rings (SSSR count). The molecule has 0 bridgehead atoms. The fraction of sp³-hybridized carbons (Fsp3) is 0.327. The second-order valence-electron chi connectivity index (χ2n) is 16.3. The molecule has 0 fully saturated rings. The van der Waals surface area contributed by atoms with Crippen LogP contribution < -0.4 is 58.7 Å². The summed E-state index contributed by atoms with van der Waals surface area (Å²) in [6.07, 6.45) is 2.76. The lowest BCUT2D eigenvalue weighted by molar-refractivity contribution is -0.117. The lowest BCUT2D eigenvalue weighted by Crippen LogP contribution is -2.42. The van der Waals surface area contributed by atoms with E-state index in [1.807, 2.05) is 0 Å². The lowest BCUT2D eigenvalue weighted by atomic mass is 10.1. The maximum Gasteiger partial charge on any atom is 0.253 e. The first kappa shape index (κ1) is 58.6. The molecule has 6 aromatic rings. The van der Waals surface area contributed by atoms with Gasteiger partial charge in [-0.05, 0) is 48.7 Å². The molecule has 24 nitrogen and oxygen atoms in total. The number of methoxy groups -OCH3 is 8. The van der Waals surface area contributed by atoms with Gasteiger partial charge in [0.05, 0.1) is 86.7 Å². The van der Waals surface area contributed by atoms with Crippen LogP contribution in [0.5, 0.6) is 40.2 Å². The minimum Gasteiger partial charge on any atom is -0.497 e. The van der Waals surface area contributed by atoms with Crippen LogP contribution in [0, 0.1) is 12.7 Å². The molecule has 0 aliphatic rings. The Morgan fingerprint density at radius 2 is 1.29 bits per heavy atom. The van der Waals surface area contributed by atoms with Crippen LogP contribution in [0.1, 0.15) is 17.5 Å². The van der Waals surface area contributed by atoms with Gasteiger partial charge in [0.2, 0.25) is 41.1 Å². The summed E-state index contributed by atoms with van der Waals surface area (Å²) < 4.78 is 114. The monoisotopic (exact) mass is 1130 g/mol. The van der Waals surface area contributed by atoms with Crippen molar-refractivity contribution >= 4 is 91.3 Å². The molecule has 2 aromatic heterocycles. The van der Waals surface area contributed by atoms with E-state index in [4.69, 9.17) is 49.5 Å². The molecule has 1 atom stereocenters. The Hall–Kier alpha value is -7.69. The molecule has 0 saturated heterocycles. The summed E-state index contributed by atoms with van der Waals surface area (Å²) in [6, 6.07) is 16.4. The van der Waals surface area contributed by atoms with E-state index in [1.54, 1.807) is 67.6 Å². The molecule has 0 radical (unpaired) electrons. The summed E-state index contributed by atoms with van der Waals surface area (Å²) in [4.78, 5) is 30.9. The minimum absolute atomic E-state index is 0.0306. The van der Waals surface area contributed by atoms with Crippen LogP contribution in [0.15, 0.2) is 73.1 Å². The molecule has 5 N–H and O–H groups in total. The zero-order valence-electron chi connectivity index (χ0n) is 43.5. The number of para-hydroxylation sites is 1. The van der Waals surface area contributed by atoms with Gasteiger partial charge in [-0.1, -0.05) is 23.7 Å². The number of benzene rings is 4.